The van der Waals surface area contributed by atoms with Gasteiger partial charge in [-0.3, -0.25) is 38.4 Å². The monoisotopic (exact) mass is 1870 g/mol. The fourth-order valence-corrected chi connectivity index (χ4v) is 18.6. The number of Topliss-reactive ketones (excluding diaryl/α,β-unsaturated/α-hetero) is 3. The maximum atomic E-state index is 14.2. The lowest BCUT2D eigenvalue weighted by Crippen LogP contribution is -2.55. The zero-order valence-corrected chi connectivity index (χ0v) is 79.2. The van der Waals surface area contributed by atoms with Crippen LogP contribution in [0.15, 0.2) is 0 Å². The number of aliphatic hydroxyl groups excluding tert-OH is 9. The smallest absolute Gasteiger partial charge is 0.407 e. The van der Waals surface area contributed by atoms with Crippen LogP contribution in [-0.2, 0) is 95.2 Å². The zero-order chi connectivity index (χ0) is 93.5. The van der Waals surface area contributed by atoms with Gasteiger partial charge in [0.2, 0.25) is 17.7 Å². The Kier molecular flexibility index (Phi) is 64.5. The second kappa shape index (κ2) is 71.2. The van der Waals surface area contributed by atoms with E-state index in [0.29, 0.717) is 161 Å². The van der Waals surface area contributed by atoms with Gasteiger partial charge in [0.15, 0.2) is 18.9 Å². The van der Waals surface area contributed by atoms with Crippen molar-refractivity contribution in [2.45, 2.75) is 376 Å². The Hall–Kier alpha value is -4.39. The highest BCUT2D eigenvalue weighted by Gasteiger charge is 2.45. The van der Waals surface area contributed by atoms with Crippen LogP contribution in [0.2, 0.25) is 0 Å². The summed E-state index contributed by atoms with van der Waals surface area (Å²) < 4.78 is 68.1. The van der Waals surface area contributed by atoms with Gasteiger partial charge in [0.05, 0.1) is 103 Å². The summed E-state index contributed by atoms with van der Waals surface area (Å²) in [7, 11) is 6.87. The number of amides is 4. The van der Waals surface area contributed by atoms with Crippen molar-refractivity contribution in [3.8, 4) is 0 Å². The highest BCUT2D eigenvalue weighted by Crippen LogP contribution is 2.40. The van der Waals surface area contributed by atoms with Crippen molar-refractivity contribution < 1.29 is 146 Å². The minimum absolute atomic E-state index is 0.00599. The van der Waals surface area contributed by atoms with Crippen LogP contribution in [0.4, 0.5) is 4.79 Å². The molecule has 15 unspecified atom stereocenters. The number of ketones is 3. The number of likely N-dealkylation sites (tertiary alicyclic amines) is 1. The zero-order valence-electron chi connectivity index (χ0n) is 77.6. The molecule has 4 fully saturated rings. The molecular weight excluding hydrogens is 1710 g/mol. The van der Waals surface area contributed by atoms with E-state index in [-0.39, 0.29) is 144 Å². The Labute approximate surface area is 768 Å². The molecule has 4 heterocycles. The van der Waals surface area contributed by atoms with Crippen molar-refractivity contribution in [1.82, 2.24) is 20.9 Å². The van der Waals surface area contributed by atoms with Gasteiger partial charge in [-0.25, -0.2) is 4.79 Å². The molecule has 4 saturated heterocycles. The highest BCUT2D eigenvalue weighted by molar-refractivity contribution is 8.76. The average Bonchev–Trinajstić information content (AvgIpc) is 1.26. The molecule has 0 aliphatic carbocycles. The van der Waals surface area contributed by atoms with Crippen LogP contribution in [-0.4, -0.2) is 321 Å². The number of nitrogens with one attached hydrogen (secondary N) is 3. The number of rotatable bonds is 78. The number of alkyl carbamates (subject to hydrolysis) is 1. The minimum atomic E-state index is -1.22. The summed E-state index contributed by atoms with van der Waals surface area (Å²) in [6, 6.07) is 0.0185. The average molecular weight is 1870 g/mol. The van der Waals surface area contributed by atoms with Crippen LogP contribution in [0, 0.1) is 23.2 Å². The van der Waals surface area contributed by atoms with E-state index in [1.165, 1.54) is 0 Å². The van der Waals surface area contributed by atoms with E-state index in [4.69, 9.17) is 56.8 Å². The third-order valence-corrected chi connectivity index (χ3v) is 27.0. The molecular formula is C92H164N4O30S2. The number of carbonyl (C=O) groups is 9. The van der Waals surface area contributed by atoms with Crippen LogP contribution in [0.25, 0.3) is 0 Å². The van der Waals surface area contributed by atoms with Crippen LogP contribution in [0.1, 0.15) is 290 Å². The van der Waals surface area contributed by atoms with Gasteiger partial charge in [0.1, 0.15) is 54.0 Å². The molecule has 744 valence electrons. The number of esters is 2. The lowest BCUT2D eigenvalue weighted by molar-refractivity contribution is -0.282. The van der Waals surface area contributed by atoms with Gasteiger partial charge in [-0.05, 0) is 140 Å². The Bertz CT molecular complexity index is 2770. The predicted octanol–water partition coefficient (Wildman–Crippen LogP) is 8.65. The van der Waals surface area contributed by atoms with Gasteiger partial charge >= 0.3 is 18.0 Å². The number of hydrogen-bond acceptors (Lipinski definition) is 32. The molecule has 4 aliphatic rings. The first kappa shape index (κ1) is 116. The van der Waals surface area contributed by atoms with Crippen molar-refractivity contribution in [3.63, 3.8) is 0 Å². The molecule has 4 aliphatic heterocycles. The first-order valence-corrected chi connectivity index (χ1v) is 50.5. The molecule has 0 aromatic rings. The number of carbonyl (C=O) groups excluding carboxylic acids is 9. The second-order valence-electron chi connectivity index (χ2n) is 35.1. The largest absolute Gasteiger partial charge is 0.466 e. The molecule has 0 spiro atoms. The van der Waals surface area contributed by atoms with Gasteiger partial charge in [0.25, 0.3) is 0 Å². The predicted molar refractivity (Wildman–Crippen MR) is 481 cm³/mol. The van der Waals surface area contributed by atoms with E-state index in [2.05, 4.69) is 16.0 Å². The molecule has 12 N–H and O–H groups in total. The topological polar surface area (TPSA) is 486 Å². The van der Waals surface area contributed by atoms with Crippen molar-refractivity contribution in [3.05, 3.63) is 0 Å². The lowest BCUT2D eigenvalue weighted by atomic mass is 9.71. The third kappa shape index (κ3) is 49.7. The highest BCUT2D eigenvalue weighted by atomic mass is 33.1. The van der Waals surface area contributed by atoms with E-state index in [1.807, 2.05) is 4.90 Å². The van der Waals surface area contributed by atoms with E-state index in [9.17, 15) is 89.1 Å². The van der Waals surface area contributed by atoms with Crippen LogP contribution >= 0.6 is 21.6 Å². The molecule has 34 nitrogen and oxygen atoms in total. The Morgan fingerprint density at radius 1 is 0.391 bits per heavy atom. The Morgan fingerprint density at radius 2 is 0.781 bits per heavy atom. The maximum Gasteiger partial charge on any atom is 0.407 e. The summed E-state index contributed by atoms with van der Waals surface area (Å²) >= 11 is 0. The molecule has 4 rings (SSSR count). The lowest BCUT2D eigenvalue weighted by Gasteiger charge is -2.40. The van der Waals surface area contributed by atoms with E-state index in [1.54, 1.807) is 56.6 Å². The number of hydrogen-bond donors (Lipinski definition) is 12. The maximum absolute atomic E-state index is 14.2. The Morgan fingerprint density at radius 3 is 1.24 bits per heavy atom. The Balaban J connectivity index is 1.24. The van der Waals surface area contributed by atoms with Gasteiger partial charge in [-0.15, -0.1) is 0 Å². The number of methoxy groups -OCH3 is 2. The summed E-state index contributed by atoms with van der Waals surface area (Å²) in [5.41, 5.74) is -0.648. The van der Waals surface area contributed by atoms with Gasteiger partial charge in [-0.2, -0.15) is 0 Å². The molecule has 0 radical (unpaired) electrons. The van der Waals surface area contributed by atoms with E-state index >= 15 is 0 Å². The van der Waals surface area contributed by atoms with Crippen molar-refractivity contribution in [2.24, 2.45) is 23.2 Å². The summed E-state index contributed by atoms with van der Waals surface area (Å²) in [4.78, 5) is 119. The molecule has 128 heavy (non-hydrogen) atoms. The minimum Gasteiger partial charge on any atom is -0.466 e. The molecule has 0 saturated carbocycles. The van der Waals surface area contributed by atoms with Crippen molar-refractivity contribution in [2.75, 3.05) is 131 Å². The molecule has 17 atom stereocenters. The first-order valence-electron chi connectivity index (χ1n) is 48.0. The fraction of sp³-hybridized carbons (Fsp3) is 0.902. The standard InChI is InChI=1S/C92H164N4O30S2/c1-66-82(108)85(111)74(62-97)124-88(66)120-50-26-35-70(100)33-16-9-6-14-23-48-95-91(114)123-55-32-45-92(43-30-53-118-80(106)40-17-10-7-12-21-46-93-77(103)37-27-51-121-89-67(2)83(109)86(112)75(63-98)125-89,44-31-54-119-81(107)41-18-11-8-13-22-47-94-78(104)38-28-52-122-90-68(3)84(110)87(113)76(64-99)126-90)60-72(102)42-56-117-49-24-15-25-57-127-128-58-29-36-71(101)34-19-20-39-79(105)96-61-73(116-5)59-69(96)65-115-4/h66-69,73-76,82-90,97-99,108-113H,6-65H2,1-5H3,(H,93,103)(H,94,104)(H,95,114)/t66?,67?,68?,69-,73+,74?,75?,76?,82?,83?,84?,85?,86?,87?,88?,89?,90?,92?/m1/s1. The van der Waals surface area contributed by atoms with Gasteiger partial charge < -0.3 is 124 Å². The summed E-state index contributed by atoms with van der Waals surface area (Å²) in [5, 5.41) is 98.4. The van der Waals surface area contributed by atoms with E-state index in [0.717, 1.165) is 121 Å². The summed E-state index contributed by atoms with van der Waals surface area (Å²) in [5.74, 6) is -0.219. The van der Waals surface area contributed by atoms with Crippen molar-refractivity contribution in [1.29, 1.82) is 0 Å². The van der Waals surface area contributed by atoms with Gasteiger partial charge in [0, 0.05) is 147 Å². The van der Waals surface area contributed by atoms with Crippen LogP contribution in [0.3, 0.4) is 0 Å². The summed E-state index contributed by atoms with van der Waals surface area (Å²) in [6.45, 7) is 7.75. The first-order chi connectivity index (χ1) is 61.8. The van der Waals surface area contributed by atoms with E-state index < -0.39 is 123 Å². The number of aliphatic hydroxyl groups is 9. The molecule has 36 heteroatoms. The van der Waals surface area contributed by atoms with Crippen LogP contribution in [0.5, 0.6) is 0 Å². The number of ether oxygens (including phenoxy) is 12. The number of nitrogens with zero attached hydrogens (tertiary/aromatic N) is 1. The third-order valence-electron chi connectivity index (χ3n) is 24.4. The fourth-order valence-electron chi connectivity index (χ4n) is 16.4. The molecule has 0 bridgehead atoms. The molecule has 0 aromatic heterocycles. The quantitative estimate of drug-likeness (QED) is 0.0117. The normalized spacial score (nSPS) is 24.6. The van der Waals surface area contributed by atoms with Gasteiger partial charge in [-0.1, -0.05) is 107 Å². The SMILES string of the molecule is COC[C@H]1C[C@H](OC)CN1C(=O)CCCCC(=O)CCCSSCCCCCOCCC(=O)CC(CCCOC(=O)CCCCCCCNC(=O)CCCOC1OC(CO)C(O)C(O)C1C)(CCCOC(=O)CCCCCCCNC(=O)CCCOC1OC(CO)C(O)C(O)C1C)CCCOC(=O)NCCCCCCCC(=O)CCCOC1OC(CO)C(O)C(O)C1C. The molecule has 4 amide bonds. The van der Waals surface area contributed by atoms with Crippen molar-refractivity contribution >= 4 is 74.7 Å². The van der Waals surface area contributed by atoms with Crippen LogP contribution < -0.4 is 16.0 Å². The second-order valence-corrected chi connectivity index (χ2v) is 37.8. The molecule has 0 aromatic carbocycles. The summed E-state index contributed by atoms with van der Waals surface area (Å²) in [6.07, 6.45) is 12.0. The number of unbranched alkanes of at least 4 members (excludes halogenated alkanes) is 15.